The van der Waals surface area contributed by atoms with E-state index in [0.29, 0.717) is 16.3 Å². The Balaban J connectivity index is 2.39. The van der Waals surface area contributed by atoms with Gasteiger partial charge in [-0.25, -0.2) is 0 Å². The van der Waals surface area contributed by atoms with E-state index >= 15 is 0 Å². The van der Waals surface area contributed by atoms with Crippen molar-refractivity contribution in [2.24, 2.45) is 7.05 Å². The molecule has 7 heteroatoms. The molecule has 0 aliphatic rings. The summed E-state index contributed by atoms with van der Waals surface area (Å²) in [6, 6.07) is 3.28. The lowest BCUT2D eigenvalue weighted by Crippen LogP contribution is -2.11. The number of H-pyrrole nitrogens is 1. The minimum atomic E-state index is -4.41. The molecule has 1 aromatic carbocycles. The molecule has 98 valence electrons. The molecule has 1 N–H and O–H groups in total. The van der Waals surface area contributed by atoms with Gasteiger partial charge in [-0.2, -0.15) is 13.2 Å². The number of aromatic nitrogens is 3. The number of aryl methyl sites for hydroxylation is 1. The number of rotatable bonds is 0. The van der Waals surface area contributed by atoms with Gasteiger partial charge in [0.1, 0.15) is 0 Å². The number of pyridine rings is 1. The van der Waals surface area contributed by atoms with Gasteiger partial charge in [-0.15, -0.1) is 0 Å². The summed E-state index contributed by atoms with van der Waals surface area (Å²) < 4.78 is 39.1. The molecule has 2 aromatic heterocycles. The Morgan fingerprint density at radius 3 is 2.68 bits per heavy atom. The molecule has 0 amide bonds. The zero-order valence-corrected chi connectivity index (χ0v) is 9.75. The molecule has 0 unspecified atom stereocenters. The smallest absolute Gasteiger partial charge is 0.294 e. The van der Waals surface area contributed by atoms with Gasteiger partial charge in [0, 0.05) is 18.6 Å². The second-order valence-corrected chi connectivity index (χ2v) is 4.25. The molecule has 0 radical (unpaired) electrons. The molecule has 4 nitrogen and oxygen atoms in total. The Hall–Kier alpha value is -2.31. The molecular formula is C12H8F3N3O. The van der Waals surface area contributed by atoms with Crippen molar-refractivity contribution in [1.82, 2.24) is 14.8 Å². The van der Waals surface area contributed by atoms with Crippen molar-refractivity contribution < 1.29 is 13.2 Å². The predicted octanol–water partition coefficient (Wildman–Crippen LogP) is 2.43. The lowest BCUT2D eigenvalue weighted by Gasteiger charge is -2.07. The van der Waals surface area contributed by atoms with E-state index in [4.69, 9.17) is 0 Å². The molecule has 2 heterocycles. The summed E-state index contributed by atoms with van der Waals surface area (Å²) in [6.45, 7) is 0. The SMILES string of the molecule is Cn1[nH]c2c(cnc3cc(C(F)(F)F)ccc32)c1=O. The zero-order chi connectivity index (χ0) is 13.8. The van der Waals surface area contributed by atoms with Gasteiger partial charge in [0.15, 0.2) is 0 Å². The van der Waals surface area contributed by atoms with Crippen molar-refractivity contribution in [1.29, 1.82) is 0 Å². The third-order valence-corrected chi connectivity index (χ3v) is 3.01. The van der Waals surface area contributed by atoms with Crippen LogP contribution in [0.4, 0.5) is 13.2 Å². The Bertz CT molecular complexity index is 845. The number of hydrogen-bond donors (Lipinski definition) is 1. The zero-order valence-electron chi connectivity index (χ0n) is 9.75. The predicted molar refractivity (Wildman–Crippen MR) is 63.8 cm³/mol. The average molecular weight is 267 g/mol. The van der Waals surface area contributed by atoms with E-state index < -0.39 is 11.7 Å². The van der Waals surface area contributed by atoms with Gasteiger partial charge in [-0.3, -0.25) is 19.6 Å². The van der Waals surface area contributed by atoms with Crippen molar-refractivity contribution in [3.05, 3.63) is 40.3 Å². The van der Waals surface area contributed by atoms with Crippen molar-refractivity contribution in [3.8, 4) is 0 Å². The molecule has 0 spiro atoms. The topological polar surface area (TPSA) is 50.7 Å². The van der Waals surface area contributed by atoms with Gasteiger partial charge in [0.05, 0.1) is 22.0 Å². The highest BCUT2D eigenvalue weighted by atomic mass is 19.4. The van der Waals surface area contributed by atoms with Crippen LogP contribution in [0.25, 0.3) is 21.8 Å². The van der Waals surface area contributed by atoms with Crippen LogP contribution in [0.1, 0.15) is 5.56 Å². The molecule has 0 saturated carbocycles. The molecule has 0 atom stereocenters. The molecule has 19 heavy (non-hydrogen) atoms. The largest absolute Gasteiger partial charge is 0.416 e. The van der Waals surface area contributed by atoms with Gasteiger partial charge < -0.3 is 0 Å². The molecule has 3 aromatic rings. The molecule has 0 aliphatic heterocycles. The summed E-state index contributed by atoms with van der Waals surface area (Å²) in [5.41, 5.74) is -0.329. The normalized spacial score (nSPS) is 12.4. The van der Waals surface area contributed by atoms with Crippen LogP contribution in [-0.2, 0) is 13.2 Å². The summed E-state index contributed by atoms with van der Waals surface area (Å²) in [4.78, 5) is 15.6. The van der Waals surface area contributed by atoms with E-state index in [1.807, 2.05) is 0 Å². The number of hydrogen-bond acceptors (Lipinski definition) is 2. The minimum absolute atomic E-state index is 0.198. The third kappa shape index (κ3) is 1.69. The second kappa shape index (κ2) is 3.59. The third-order valence-electron chi connectivity index (χ3n) is 3.01. The van der Waals surface area contributed by atoms with Gasteiger partial charge in [0.2, 0.25) is 0 Å². The average Bonchev–Trinajstić information content (AvgIpc) is 2.64. The summed E-state index contributed by atoms with van der Waals surface area (Å²) in [5, 5.41) is 3.66. The summed E-state index contributed by atoms with van der Waals surface area (Å²) >= 11 is 0. The fourth-order valence-electron chi connectivity index (χ4n) is 2.05. The molecular weight excluding hydrogens is 259 g/mol. The van der Waals surface area contributed by atoms with E-state index in [9.17, 15) is 18.0 Å². The summed E-state index contributed by atoms with van der Waals surface area (Å²) in [5.74, 6) is 0. The van der Waals surface area contributed by atoms with Crippen LogP contribution in [0.5, 0.6) is 0 Å². The van der Waals surface area contributed by atoms with E-state index in [0.717, 1.165) is 12.1 Å². The number of aromatic amines is 1. The molecule has 3 rings (SSSR count). The number of nitrogens with zero attached hydrogens (tertiary/aromatic N) is 2. The summed E-state index contributed by atoms with van der Waals surface area (Å²) in [7, 11) is 1.54. The first-order valence-electron chi connectivity index (χ1n) is 5.42. The van der Waals surface area contributed by atoms with Crippen LogP contribution in [0.3, 0.4) is 0 Å². The Morgan fingerprint density at radius 1 is 1.26 bits per heavy atom. The highest BCUT2D eigenvalue weighted by Crippen LogP contribution is 2.31. The highest BCUT2D eigenvalue weighted by molar-refractivity contribution is 6.02. The maximum atomic E-state index is 12.6. The number of nitrogens with one attached hydrogen (secondary N) is 1. The molecule has 0 bridgehead atoms. The Morgan fingerprint density at radius 2 is 2.00 bits per heavy atom. The minimum Gasteiger partial charge on any atom is -0.294 e. The van der Waals surface area contributed by atoms with Gasteiger partial charge in [0.25, 0.3) is 5.56 Å². The first-order valence-corrected chi connectivity index (χ1v) is 5.42. The van der Waals surface area contributed by atoms with Crippen LogP contribution < -0.4 is 5.56 Å². The highest BCUT2D eigenvalue weighted by Gasteiger charge is 2.30. The number of halogens is 3. The number of fused-ring (bicyclic) bond motifs is 3. The number of alkyl halides is 3. The first-order chi connectivity index (χ1) is 8.88. The van der Waals surface area contributed by atoms with Crippen molar-refractivity contribution in [2.75, 3.05) is 0 Å². The fraction of sp³-hybridized carbons (Fsp3) is 0.167. The monoisotopic (exact) mass is 267 g/mol. The quantitative estimate of drug-likeness (QED) is 0.680. The van der Waals surface area contributed by atoms with E-state index in [2.05, 4.69) is 10.1 Å². The lowest BCUT2D eigenvalue weighted by atomic mass is 10.1. The van der Waals surface area contributed by atoms with Crippen LogP contribution in [0.15, 0.2) is 29.2 Å². The van der Waals surface area contributed by atoms with Crippen LogP contribution in [0.2, 0.25) is 0 Å². The van der Waals surface area contributed by atoms with Crippen molar-refractivity contribution in [3.63, 3.8) is 0 Å². The standard InChI is InChI=1S/C12H8F3N3O/c1-18-11(19)8-5-16-9-4-6(12(13,14)15)2-3-7(9)10(8)17-18/h2-5,17H,1H3. The van der Waals surface area contributed by atoms with E-state index in [-0.39, 0.29) is 11.1 Å². The molecule has 0 saturated heterocycles. The van der Waals surface area contributed by atoms with E-state index in [1.165, 1.54) is 24.0 Å². The Kier molecular flexibility index (Phi) is 2.23. The number of benzene rings is 1. The second-order valence-electron chi connectivity index (χ2n) is 4.25. The maximum absolute atomic E-state index is 12.6. The lowest BCUT2D eigenvalue weighted by molar-refractivity contribution is -0.137. The van der Waals surface area contributed by atoms with Crippen LogP contribution in [0, 0.1) is 0 Å². The fourth-order valence-corrected chi connectivity index (χ4v) is 2.05. The van der Waals surface area contributed by atoms with Gasteiger partial charge in [-0.05, 0) is 12.1 Å². The van der Waals surface area contributed by atoms with E-state index in [1.54, 1.807) is 0 Å². The van der Waals surface area contributed by atoms with Crippen LogP contribution >= 0.6 is 0 Å². The molecule has 0 aliphatic carbocycles. The molecule has 0 fully saturated rings. The van der Waals surface area contributed by atoms with Crippen molar-refractivity contribution in [2.45, 2.75) is 6.18 Å². The van der Waals surface area contributed by atoms with Gasteiger partial charge in [-0.1, -0.05) is 6.07 Å². The van der Waals surface area contributed by atoms with Crippen molar-refractivity contribution >= 4 is 21.8 Å². The first kappa shape index (κ1) is 11.8. The van der Waals surface area contributed by atoms with Crippen LogP contribution in [-0.4, -0.2) is 14.8 Å². The maximum Gasteiger partial charge on any atom is 0.416 e. The van der Waals surface area contributed by atoms with Gasteiger partial charge >= 0.3 is 6.18 Å². The summed E-state index contributed by atoms with van der Waals surface area (Å²) in [6.07, 6.45) is -3.12. The Labute approximate surface area is 104 Å².